The molecule has 1 heterocycles. The van der Waals surface area contributed by atoms with Gasteiger partial charge in [-0.05, 0) is 36.2 Å². The summed E-state index contributed by atoms with van der Waals surface area (Å²) >= 11 is 0. The third-order valence-electron chi connectivity index (χ3n) is 4.08. The van der Waals surface area contributed by atoms with E-state index < -0.39 is 5.82 Å². The Morgan fingerprint density at radius 1 is 1.00 bits per heavy atom. The van der Waals surface area contributed by atoms with Gasteiger partial charge < -0.3 is 9.47 Å². The van der Waals surface area contributed by atoms with Crippen LogP contribution < -0.4 is 14.4 Å². The predicted octanol–water partition coefficient (Wildman–Crippen LogP) is 3.84. The zero-order valence-corrected chi connectivity index (χ0v) is 14.0. The lowest BCUT2D eigenvalue weighted by molar-refractivity contribution is -0.121. The molecule has 0 saturated carbocycles. The molecule has 0 bridgehead atoms. The maximum Gasteiger partial charge on any atom is 0.234 e. The van der Waals surface area contributed by atoms with Gasteiger partial charge in [0, 0.05) is 18.9 Å². The molecule has 25 heavy (non-hydrogen) atoms. The van der Waals surface area contributed by atoms with E-state index in [4.69, 9.17) is 9.47 Å². The van der Waals surface area contributed by atoms with Gasteiger partial charge in [-0.25, -0.2) is 4.39 Å². The van der Waals surface area contributed by atoms with Crippen molar-refractivity contribution in [2.24, 2.45) is 0 Å². The van der Waals surface area contributed by atoms with Crippen LogP contribution in [0.25, 0.3) is 0 Å². The van der Waals surface area contributed by atoms with E-state index in [1.165, 1.54) is 19.2 Å². The number of carbonyl (C=O) groups is 2. The Labute approximate surface area is 145 Å². The summed E-state index contributed by atoms with van der Waals surface area (Å²) in [5.74, 6) is -0.422. The summed E-state index contributed by atoms with van der Waals surface area (Å²) in [7, 11) is 1.52. The largest absolute Gasteiger partial charge is 0.493 e. The van der Waals surface area contributed by atoms with Gasteiger partial charge in [0.05, 0.1) is 12.8 Å². The maximum absolute atomic E-state index is 14.4. The fourth-order valence-corrected chi connectivity index (χ4v) is 2.71. The SMILES string of the molecule is CCc1ccc(Oc2ccc(N3C(=O)CCC3=O)cc2F)c(OC)c1. The van der Waals surface area contributed by atoms with Gasteiger partial charge in [-0.3, -0.25) is 14.5 Å². The van der Waals surface area contributed by atoms with Crippen LogP contribution in [0.5, 0.6) is 17.2 Å². The number of ether oxygens (including phenoxy) is 2. The standard InChI is InChI=1S/C19H18FNO4/c1-3-12-4-6-16(17(10-12)24-2)25-15-7-5-13(11-14(15)20)21-18(22)8-9-19(21)23/h4-7,10-11H,3,8-9H2,1-2H3. The van der Waals surface area contributed by atoms with E-state index in [9.17, 15) is 14.0 Å². The monoisotopic (exact) mass is 343 g/mol. The lowest BCUT2D eigenvalue weighted by Gasteiger charge is -2.16. The first kappa shape index (κ1) is 17.0. The highest BCUT2D eigenvalue weighted by Gasteiger charge is 2.30. The maximum atomic E-state index is 14.4. The Balaban J connectivity index is 1.87. The predicted molar refractivity (Wildman–Crippen MR) is 90.6 cm³/mol. The lowest BCUT2D eigenvalue weighted by Crippen LogP contribution is -2.28. The summed E-state index contributed by atoms with van der Waals surface area (Å²) in [6, 6.07) is 9.46. The topological polar surface area (TPSA) is 55.8 Å². The zero-order valence-electron chi connectivity index (χ0n) is 14.0. The minimum Gasteiger partial charge on any atom is -0.493 e. The smallest absolute Gasteiger partial charge is 0.234 e. The van der Waals surface area contributed by atoms with Crippen LogP contribution in [0.3, 0.4) is 0 Å². The molecule has 1 saturated heterocycles. The van der Waals surface area contributed by atoms with Crippen molar-refractivity contribution in [1.29, 1.82) is 0 Å². The quantitative estimate of drug-likeness (QED) is 0.774. The Hall–Kier alpha value is -2.89. The van der Waals surface area contributed by atoms with Gasteiger partial charge in [-0.15, -0.1) is 0 Å². The van der Waals surface area contributed by atoms with E-state index in [0.29, 0.717) is 11.5 Å². The minimum absolute atomic E-state index is 0.00890. The molecule has 0 spiro atoms. The molecule has 2 aromatic carbocycles. The number of hydrogen-bond donors (Lipinski definition) is 0. The van der Waals surface area contributed by atoms with E-state index in [1.54, 1.807) is 6.07 Å². The molecule has 1 aliphatic heterocycles. The Kier molecular flexibility index (Phi) is 4.70. The number of carbonyl (C=O) groups excluding carboxylic acids is 2. The fraction of sp³-hybridized carbons (Fsp3) is 0.263. The number of aryl methyl sites for hydroxylation is 1. The fourth-order valence-electron chi connectivity index (χ4n) is 2.71. The molecule has 0 aromatic heterocycles. The number of amides is 2. The number of hydrogen-bond acceptors (Lipinski definition) is 4. The average Bonchev–Trinajstić information content (AvgIpc) is 2.95. The number of imide groups is 1. The molecule has 5 nitrogen and oxygen atoms in total. The molecule has 6 heteroatoms. The van der Waals surface area contributed by atoms with Crippen LogP contribution in [0.2, 0.25) is 0 Å². The average molecular weight is 343 g/mol. The molecule has 3 rings (SSSR count). The van der Waals surface area contributed by atoms with Crippen molar-refractivity contribution in [3.05, 3.63) is 47.8 Å². The minimum atomic E-state index is -0.661. The van der Waals surface area contributed by atoms with E-state index in [1.807, 2.05) is 19.1 Å². The van der Waals surface area contributed by atoms with Crippen molar-refractivity contribution in [2.75, 3.05) is 12.0 Å². The highest BCUT2D eigenvalue weighted by molar-refractivity contribution is 6.19. The molecular weight excluding hydrogens is 325 g/mol. The molecule has 1 aliphatic rings. The highest BCUT2D eigenvalue weighted by atomic mass is 19.1. The van der Waals surface area contributed by atoms with Gasteiger partial charge in [0.25, 0.3) is 0 Å². The first-order valence-electron chi connectivity index (χ1n) is 8.03. The lowest BCUT2D eigenvalue weighted by atomic mass is 10.1. The van der Waals surface area contributed by atoms with Gasteiger partial charge >= 0.3 is 0 Å². The number of methoxy groups -OCH3 is 1. The molecule has 2 aromatic rings. The molecule has 0 radical (unpaired) electrons. The van der Waals surface area contributed by atoms with Crippen LogP contribution in [0.1, 0.15) is 25.3 Å². The zero-order chi connectivity index (χ0) is 18.0. The molecule has 130 valence electrons. The second-order valence-corrected chi connectivity index (χ2v) is 5.68. The van der Waals surface area contributed by atoms with Crippen LogP contribution in [0, 0.1) is 5.82 Å². The first-order valence-corrected chi connectivity index (χ1v) is 8.03. The molecule has 0 aliphatic carbocycles. The Morgan fingerprint density at radius 2 is 1.68 bits per heavy atom. The summed E-state index contributed by atoms with van der Waals surface area (Å²) in [5.41, 5.74) is 1.29. The number of halogens is 1. The van der Waals surface area contributed by atoms with Crippen LogP contribution in [-0.4, -0.2) is 18.9 Å². The van der Waals surface area contributed by atoms with Crippen LogP contribution in [-0.2, 0) is 16.0 Å². The number of rotatable bonds is 5. The van der Waals surface area contributed by atoms with Crippen LogP contribution >= 0.6 is 0 Å². The van der Waals surface area contributed by atoms with Gasteiger partial charge in [-0.1, -0.05) is 13.0 Å². The van der Waals surface area contributed by atoms with Crippen molar-refractivity contribution in [2.45, 2.75) is 26.2 Å². The van der Waals surface area contributed by atoms with Crippen molar-refractivity contribution in [3.63, 3.8) is 0 Å². The van der Waals surface area contributed by atoms with Crippen molar-refractivity contribution >= 4 is 17.5 Å². The van der Waals surface area contributed by atoms with Gasteiger partial charge in [0.1, 0.15) is 0 Å². The van der Waals surface area contributed by atoms with Gasteiger partial charge in [0.2, 0.25) is 11.8 Å². The Morgan fingerprint density at radius 3 is 2.28 bits per heavy atom. The number of nitrogens with zero attached hydrogens (tertiary/aromatic N) is 1. The van der Waals surface area contributed by atoms with Gasteiger partial charge in [-0.2, -0.15) is 0 Å². The van der Waals surface area contributed by atoms with E-state index >= 15 is 0 Å². The molecule has 0 atom stereocenters. The number of anilines is 1. The second-order valence-electron chi connectivity index (χ2n) is 5.68. The molecule has 0 unspecified atom stereocenters. The summed E-state index contributed by atoms with van der Waals surface area (Å²) < 4.78 is 25.3. The third kappa shape index (κ3) is 3.33. The molecule has 2 amide bonds. The van der Waals surface area contributed by atoms with Crippen molar-refractivity contribution in [1.82, 2.24) is 0 Å². The normalized spacial score (nSPS) is 14.1. The highest BCUT2D eigenvalue weighted by Crippen LogP contribution is 2.35. The third-order valence-corrected chi connectivity index (χ3v) is 4.08. The summed E-state index contributed by atoms with van der Waals surface area (Å²) in [5, 5.41) is 0. The van der Waals surface area contributed by atoms with Crippen molar-refractivity contribution < 1.29 is 23.5 Å². The Bertz CT molecular complexity index is 818. The van der Waals surface area contributed by atoms with Crippen molar-refractivity contribution in [3.8, 4) is 17.2 Å². The molecule has 1 fully saturated rings. The molecule has 0 N–H and O–H groups in total. The van der Waals surface area contributed by atoms with E-state index in [0.717, 1.165) is 23.0 Å². The number of benzene rings is 2. The summed E-state index contributed by atoms with van der Waals surface area (Å²) in [6.07, 6.45) is 1.15. The van der Waals surface area contributed by atoms with Crippen LogP contribution in [0.4, 0.5) is 10.1 Å². The van der Waals surface area contributed by atoms with Gasteiger partial charge in [0.15, 0.2) is 23.1 Å². The first-order chi connectivity index (χ1) is 12.0. The van der Waals surface area contributed by atoms with Crippen LogP contribution in [0.15, 0.2) is 36.4 Å². The summed E-state index contributed by atoms with van der Waals surface area (Å²) in [4.78, 5) is 24.5. The van der Waals surface area contributed by atoms with E-state index in [2.05, 4.69) is 0 Å². The van der Waals surface area contributed by atoms with E-state index in [-0.39, 0.29) is 36.1 Å². The molecular formula is C19H18FNO4. The summed E-state index contributed by atoms with van der Waals surface area (Å²) in [6.45, 7) is 2.02. The second kappa shape index (κ2) is 6.93.